The first-order valence-corrected chi connectivity index (χ1v) is 11.1. The van der Waals surface area contributed by atoms with Crippen molar-refractivity contribution in [1.82, 2.24) is 10.3 Å². The fourth-order valence-corrected chi connectivity index (χ4v) is 6.73. The average molecular weight is 393 g/mol. The Morgan fingerprint density at radius 1 is 1.17 bits per heavy atom. The lowest BCUT2D eigenvalue weighted by atomic mass is 9.52. The van der Waals surface area contributed by atoms with E-state index in [0.717, 1.165) is 56.5 Å². The number of pyridine rings is 1. The van der Waals surface area contributed by atoms with Gasteiger partial charge >= 0.3 is 0 Å². The molecule has 0 unspecified atom stereocenters. The standard InChI is InChI=1S/C25H32N2O2/c1-24-12-10-21-20-8-7-19(29-2)15-17(20)6-9-22(21)25(24,28)13-11-23(24)27-16-18-5-3-4-14-26-18/h3-5,7-8,14-15,21-23,27-28H,6,9-13,16H2,1-2H3/t21-,22-,23-,24-,25-/m1/s1. The molecule has 2 fully saturated rings. The van der Waals surface area contributed by atoms with Crippen molar-refractivity contribution in [3.8, 4) is 5.75 Å². The van der Waals surface area contributed by atoms with Gasteiger partial charge in [0.1, 0.15) is 5.75 Å². The predicted molar refractivity (Wildman–Crippen MR) is 114 cm³/mol. The number of hydrogen-bond acceptors (Lipinski definition) is 4. The molecule has 1 aromatic heterocycles. The highest BCUT2D eigenvalue weighted by Gasteiger charge is 2.63. The van der Waals surface area contributed by atoms with E-state index in [0.29, 0.717) is 17.9 Å². The van der Waals surface area contributed by atoms with E-state index >= 15 is 0 Å². The van der Waals surface area contributed by atoms with Crippen LogP contribution in [0.4, 0.5) is 0 Å². The van der Waals surface area contributed by atoms with Crippen LogP contribution in [0.3, 0.4) is 0 Å². The molecule has 1 aromatic carbocycles. The molecule has 4 heteroatoms. The third kappa shape index (κ3) is 2.91. The fraction of sp³-hybridized carbons (Fsp3) is 0.560. The highest BCUT2D eigenvalue weighted by atomic mass is 16.5. The summed E-state index contributed by atoms with van der Waals surface area (Å²) >= 11 is 0. The normalized spacial score (nSPS) is 35.5. The fourth-order valence-electron chi connectivity index (χ4n) is 6.73. The van der Waals surface area contributed by atoms with Crippen LogP contribution < -0.4 is 10.1 Å². The van der Waals surface area contributed by atoms with Crippen molar-refractivity contribution in [2.45, 2.75) is 69.6 Å². The van der Waals surface area contributed by atoms with Crippen molar-refractivity contribution in [2.24, 2.45) is 11.3 Å². The number of nitrogens with zero attached hydrogens (tertiary/aromatic N) is 1. The summed E-state index contributed by atoms with van der Waals surface area (Å²) in [6.45, 7) is 3.10. The molecule has 0 saturated heterocycles. The van der Waals surface area contributed by atoms with Gasteiger partial charge in [0.25, 0.3) is 0 Å². The molecule has 0 spiro atoms. The number of benzene rings is 1. The Balaban J connectivity index is 1.38. The SMILES string of the molecule is COc1ccc2c(c1)CC[C@@H]1[C@@H]2CC[C@]2(C)[C@H](NCc3ccccn3)CC[C@@]12O. The maximum Gasteiger partial charge on any atom is 0.119 e. The van der Waals surface area contributed by atoms with E-state index in [4.69, 9.17) is 4.74 Å². The lowest BCUT2D eigenvalue weighted by Crippen LogP contribution is -2.59. The minimum atomic E-state index is -0.588. The minimum Gasteiger partial charge on any atom is -0.497 e. The minimum absolute atomic E-state index is 0.0765. The third-order valence-corrected chi connectivity index (χ3v) is 8.38. The van der Waals surface area contributed by atoms with E-state index in [1.54, 1.807) is 7.11 Å². The zero-order chi connectivity index (χ0) is 20.1. The number of fused-ring (bicyclic) bond motifs is 5. The number of aliphatic hydroxyl groups is 1. The van der Waals surface area contributed by atoms with E-state index < -0.39 is 5.60 Å². The molecule has 5 atom stereocenters. The molecule has 0 bridgehead atoms. The van der Waals surface area contributed by atoms with E-state index in [1.807, 2.05) is 18.3 Å². The van der Waals surface area contributed by atoms with Crippen molar-refractivity contribution in [3.63, 3.8) is 0 Å². The smallest absolute Gasteiger partial charge is 0.119 e. The molecule has 0 amide bonds. The lowest BCUT2D eigenvalue weighted by molar-refractivity contribution is -0.144. The highest BCUT2D eigenvalue weighted by molar-refractivity contribution is 5.41. The molecule has 1 heterocycles. The zero-order valence-electron chi connectivity index (χ0n) is 17.5. The van der Waals surface area contributed by atoms with Crippen molar-refractivity contribution >= 4 is 0 Å². The van der Waals surface area contributed by atoms with Crippen LogP contribution in [0.1, 0.15) is 61.8 Å². The number of methoxy groups -OCH3 is 1. The Labute approximate surface area is 173 Å². The number of aromatic nitrogens is 1. The van der Waals surface area contributed by atoms with Crippen LogP contribution in [0.2, 0.25) is 0 Å². The molecule has 154 valence electrons. The summed E-state index contributed by atoms with van der Waals surface area (Å²) in [7, 11) is 1.73. The van der Waals surface area contributed by atoms with Gasteiger partial charge in [-0.05, 0) is 85.8 Å². The topological polar surface area (TPSA) is 54.4 Å². The maximum absolute atomic E-state index is 12.1. The number of hydrogen-bond donors (Lipinski definition) is 2. The average Bonchev–Trinajstić information content (AvgIpc) is 3.03. The molecular weight excluding hydrogens is 360 g/mol. The van der Waals surface area contributed by atoms with E-state index in [2.05, 4.69) is 41.5 Å². The number of rotatable bonds is 4. The van der Waals surface area contributed by atoms with Crippen LogP contribution in [0.15, 0.2) is 42.6 Å². The van der Waals surface area contributed by atoms with Crippen LogP contribution in [0, 0.1) is 11.3 Å². The van der Waals surface area contributed by atoms with Crippen LogP contribution in [0.5, 0.6) is 5.75 Å². The third-order valence-electron chi connectivity index (χ3n) is 8.38. The number of nitrogens with one attached hydrogen (secondary N) is 1. The van der Waals surface area contributed by atoms with Gasteiger partial charge in [-0.3, -0.25) is 4.98 Å². The summed E-state index contributed by atoms with van der Waals surface area (Å²) in [5, 5.41) is 15.8. The van der Waals surface area contributed by atoms with Gasteiger partial charge in [0.2, 0.25) is 0 Å². The second-order valence-corrected chi connectivity index (χ2v) is 9.49. The first-order valence-electron chi connectivity index (χ1n) is 11.1. The van der Waals surface area contributed by atoms with Gasteiger partial charge in [-0.25, -0.2) is 0 Å². The van der Waals surface area contributed by atoms with Crippen molar-refractivity contribution in [1.29, 1.82) is 0 Å². The molecule has 3 aliphatic rings. The zero-order valence-corrected chi connectivity index (χ0v) is 17.5. The first kappa shape index (κ1) is 19.1. The van der Waals surface area contributed by atoms with E-state index in [9.17, 15) is 5.11 Å². The predicted octanol–water partition coefficient (Wildman–Crippen LogP) is 4.22. The Morgan fingerprint density at radius 2 is 2.07 bits per heavy atom. The summed E-state index contributed by atoms with van der Waals surface area (Å²) in [5.41, 5.74) is 3.27. The second-order valence-electron chi connectivity index (χ2n) is 9.49. The molecule has 4 nitrogen and oxygen atoms in total. The van der Waals surface area contributed by atoms with Crippen LogP contribution in [0.25, 0.3) is 0 Å². The van der Waals surface area contributed by atoms with Gasteiger partial charge in [0.15, 0.2) is 0 Å². The van der Waals surface area contributed by atoms with Gasteiger partial charge in [-0.15, -0.1) is 0 Å². The Morgan fingerprint density at radius 3 is 2.86 bits per heavy atom. The van der Waals surface area contributed by atoms with Gasteiger partial charge in [0, 0.05) is 24.2 Å². The molecular formula is C25H32N2O2. The van der Waals surface area contributed by atoms with Gasteiger partial charge < -0.3 is 15.2 Å². The molecule has 2 saturated carbocycles. The lowest BCUT2D eigenvalue weighted by Gasteiger charge is -2.56. The summed E-state index contributed by atoms with van der Waals surface area (Å²) < 4.78 is 5.44. The summed E-state index contributed by atoms with van der Waals surface area (Å²) in [6, 6.07) is 12.9. The maximum atomic E-state index is 12.1. The highest BCUT2D eigenvalue weighted by Crippen LogP contribution is 2.63. The summed E-state index contributed by atoms with van der Waals surface area (Å²) in [4.78, 5) is 4.45. The quantitative estimate of drug-likeness (QED) is 0.818. The molecule has 5 rings (SSSR count). The first-order chi connectivity index (χ1) is 14.0. The number of aryl methyl sites for hydroxylation is 1. The second kappa shape index (κ2) is 7.10. The monoisotopic (exact) mass is 392 g/mol. The van der Waals surface area contributed by atoms with Crippen molar-refractivity contribution in [3.05, 3.63) is 59.4 Å². The van der Waals surface area contributed by atoms with E-state index in [-0.39, 0.29) is 5.41 Å². The summed E-state index contributed by atoms with van der Waals surface area (Å²) in [6.07, 6.45) is 8.13. The molecule has 0 radical (unpaired) electrons. The Bertz CT molecular complexity index is 886. The molecule has 2 N–H and O–H groups in total. The van der Waals surface area contributed by atoms with Crippen LogP contribution >= 0.6 is 0 Å². The van der Waals surface area contributed by atoms with Crippen molar-refractivity contribution < 1.29 is 9.84 Å². The largest absolute Gasteiger partial charge is 0.497 e. The van der Waals surface area contributed by atoms with Crippen LogP contribution in [-0.2, 0) is 13.0 Å². The molecule has 0 aliphatic heterocycles. The molecule has 2 aromatic rings. The Kier molecular flexibility index (Phi) is 4.67. The van der Waals surface area contributed by atoms with Crippen molar-refractivity contribution in [2.75, 3.05) is 7.11 Å². The van der Waals surface area contributed by atoms with Gasteiger partial charge in [0.05, 0.1) is 18.4 Å². The molecule has 3 aliphatic carbocycles. The van der Waals surface area contributed by atoms with Crippen LogP contribution in [-0.4, -0.2) is 28.8 Å². The molecule has 29 heavy (non-hydrogen) atoms. The van der Waals surface area contributed by atoms with E-state index in [1.165, 1.54) is 11.1 Å². The number of ether oxygens (including phenoxy) is 1. The van der Waals surface area contributed by atoms with Gasteiger partial charge in [-0.1, -0.05) is 19.1 Å². The Hall–Kier alpha value is -1.91. The van der Waals surface area contributed by atoms with Gasteiger partial charge in [-0.2, -0.15) is 0 Å². The summed E-state index contributed by atoms with van der Waals surface area (Å²) in [5.74, 6) is 1.77.